The fourth-order valence-electron chi connectivity index (χ4n) is 4.77. The van der Waals surface area contributed by atoms with Crippen molar-refractivity contribution in [3.63, 3.8) is 0 Å². The second-order valence-electron chi connectivity index (χ2n) is 8.72. The molecule has 3 heterocycles. The van der Waals surface area contributed by atoms with Gasteiger partial charge < -0.3 is 0 Å². The van der Waals surface area contributed by atoms with Crippen LogP contribution in [0.1, 0.15) is 29.7 Å². The molecule has 0 spiro atoms. The molecule has 4 nitrogen and oxygen atoms in total. The molecule has 30 heavy (non-hydrogen) atoms. The number of aromatic nitrogens is 2. The van der Waals surface area contributed by atoms with Gasteiger partial charge in [0.25, 0.3) is 0 Å². The van der Waals surface area contributed by atoms with Gasteiger partial charge in [0.2, 0.25) is 0 Å². The Hall–Kier alpha value is -2.56. The van der Waals surface area contributed by atoms with Crippen LogP contribution in [0.15, 0.2) is 66.9 Å². The summed E-state index contributed by atoms with van der Waals surface area (Å²) in [5, 5.41) is 0. The number of hydrogen-bond donors (Lipinski definition) is 0. The lowest BCUT2D eigenvalue weighted by atomic mass is 9.94. The zero-order valence-electron chi connectivity index (χ0n) is 17.6. The summed E-state index contributed by atoms with van der Waals surface area (Å²) in [6.45, 7) is 6.80. The maximum absolute atomic E-state index is 4.92. The van der Waals surface area contributed by atoms with Gasteiger partial charge >= 0.3 is 0 Å². The van der Waals surface area contributed by atoms with E-state index in [4.69, 9.17) is 4.98 Å². The molecule has 0 N–H and O–H groups in total. The van der Waals surface area contributed by atoms with Crippen LogP contribution in [0.4, 0.5) is 0 Å². The molecule has 1 fully saturated rings. The van der Waals surface area contributed by atoms with Crippen LogP contribution >= 0.6 is 0 Å². The van der Waals surface area contributed by atoms with Crippen LogP contribution in [0, 0.1) is 5.92 Å². The second-order valence-corrected chi connectivity index (χ2v) is 8.72. The summed E-state index contributed by atoms with van der Waals surface area (Å²) in [7, 11) is 0. The van der Waals surface area contributed by atoms with Gasteiger partial charge in [-0.25, -0.2) is 9.97 Å². The Kier molecular flexibility index (Phi) is 5.87. The molecule has 1 aromatic heterocycles. The Morgan fingerprint density at radius 1 is 0.833 bits per heavy atom. The molecule has 4 heteroatoms. The SMILES string of the molecule is c1ccc(CN2CCC(CN3CCc4cnc(-c5ccccc5)nc4C3)CC2)cc1. The van der Waals surface area contributed by atoms with Crippen LogP contribution in [0.3, 0.4) is 0 Å². The Morgan fingerprint density at radius 2 is 1.57 bits per heavy atom. The highest BCUT2D eigenvalue weighted by Crippen LogP contribution is 2.25. The maximum Gasteiger partial charge on any atom is 0.159 e. The highest BCUT2D eigenvalue weighted by Gasteiger charge is 2.24. The first-order chi connectivity index (χ1) is 14.8. The fourth-order valence-corrected chi connectivity index (χ4v) is 4.77. The molecule has 3 aromatic rings. The molecule has 5 rings (SSSR count). The molecular formula is C26H30N4. The molecule has 0 aliphatic carbocycles. The molecule has 0 amide bonds. The minimum Gasteiger partial charge on any atom is -0.299 e. The molecule has 2 aliphatic heterocycles. The minimum absolute atomic E-state index is 0.800. The summed E-state index contributed by atoms with van der Waals surface area (Å²) in [6.07, 6.45) is 5.71. The van der Waals surface area contributed by atoms with Crippen LogP contribution in [0.25, 0.3) is 11.4 Å². The Morgan fingerprint density at radius 3 is 2.33 bits per heavy atom. The van der Waals surface area contributed by atoms with Crippen molar-refractivity contribution < 1.29 is 0 Å². The molecule has 1 saturated heterocycles. The summed E-state index contributed by atoms with van der Waals surface area (Å²) in [6, 6.07) is 21.2. The quantitative estimate of drug-likeness (QED) is 0.637. The summed E-state index contributed by atoms with van der Waals surface area (Å²) < 4.78 is 0. The van der Waals surface area contributed by atoms with E-state index in [2.05, 4.69) is 69.4 Å². The third-order valence-corrected chi connectivity index (χ3v) is 6.53. The number of fused-ring (bicyclic) bond motifs is 1. The predicted octanol–water partition coefficient (Wildman–Crippen LogP) is 4.41. The number of likely N-dealkylation sites (tertiary alicyclic amines) is 1. The van der Waals surface area contributed by atoms with Gasteiger partial charge in [-0.2, -0.15) is 0 Å². The maximum atomic E-state index is 4.92. The number of rotatable bonds is 5. The first-order valence-corrected chi connectivity index (χ1v) is 11.2. The molecule has 2 aromatic carbocycles. The molecule has 154 valence electrons. The van der Waals surface area contributed by atoms with Gasteiger partial charge in [0.15, 0.2) is 5.82 Å². The van der Waals surface area contributed by atoms with Crippen LogP contribution in [0.5, 0.6) is 0 Å². The average Bonchev–Trinajstić information content (AvgIpc) is 2.81. The molecule has 0 saturated carbocycles. The Bertz CT molecular complexity index is 949. The van der Waals surface area contributed by atoms with Crippen molar-refractivity contribution in [3.8, 4) is 11.4 Å². The Balaban J connectivity index is 1.16. The average molecular weight is 399 g/mol. The van der Waals surface area contributed by atoms with Gasteiger partial charge in [0.05, 0.1) is 5.69 Å². The topological polar surface area (TPSA) is 32.3 Å². The number of benzene rings is 2. The normalized spacial score (nSPS) is 18.3. The Labute approximate surface area is 179 Å². The molecule has 0 atom stereocenters. The van der Waals surface area contributed by atoms with E-state index in [1.807, 2.05) is 12.3 Å². The molecule has 0 bridgehead atoms. The lowest BCUT2D eigenvalue weighted by Crippen LogP contribution is -2.40. The molecule has 0 radical (unpaired) electrons. The monoisotopic (exact) mass is 398 g/mol. The van der Waals surface area contributed by atoms with E-state index in [0.29, 0.717) is 0 Å². The summed E-state index contributed by atoms with van der Waals surface area (Å²) in [5.41, 5.74) is 5.07. The number of nitrogens with zero attached hydrogens (tertiary/aromatic N) is 4. The molecule has 0 unspecified atom stereocenters. The van der Waals surface area contributed by atoms with Crippen molar-refractivity contribution in [2.24, 2.45) is 5.92 Å². The highest BCUT2D eigenvalue weighted by atomic mass is 15.2. The second kappa shape index (κ2) is 9.07. The standard InChI is InChI=1S/C26H30N4/c1-3-7-21(8-4-1)18-29-14-11-22(12-15-29)19-30-16-13-24-17-27-26(28-25(24)20-30)23-9-5-2-6-10-23/h1-10,17,22H,11-16,18-20H2. The summed E-state index contributed by atoms with van der Waals surface area (Å²) in [4.78, 5) is 14.8. The molecular weight excluding hydrogens is 368 g/mol. The van der Waals surface area contributed by atoms with E-state index in [9.17, 15) is 0 Å². The van der Waals surface area contributed by atoms with Crippen molar-refractivity contribution in [1.29, 1.82) is 0 Å². The van der Waals surface area contributed by atoms with Gasteiger partial charge in [-0.3, -0.25) is 9.80 Å². The van der Waals surface area contributed by atoms with Crippen LogP contribution < -0.4 is 0 Å². The fraction of sp³-hybridized carbons (Fsp3) is 0.385. The van der Waals surface area contributed by atoms with Crippen LogP contribution in [0.2, 0.25) is 0 Å². The first kappa shape index (κ1) is 19.4. The highest BCUT2D eigenvalue weighted by molar-refractivity contribution is 5.54. The largest absolute Gasteiger partial charge is 0.299 e. The van der Waals surface area contributed by atoms with Crippen molar-refractivity contribution >= 4 is 0 Å². The van der Waals surface area contributed by atoms with Gasteiger partial charge in [0, 0.05) is 37.9 Å². The lowest BCUT2D eigenvalue weighted by molar-refractivity contribution is 0.131. The minimum atomic E-state index is 0.800. The smallest absolute Gasteiger partial charge is 0.159 e. The van der Waals surface area contributed by atoms with Crippen molar-refractivity contribution in [1.82, 2.24) is 19.8 Å². The van der Waals surface area contributed by atoms with E-state index < -0.39 is 0 Å². The van der Waals surface area contributed by atoms with Crippen LogP contribution in [-0.4, -0.2) is 45.9 Å². The lowest BCUT2D eigenvalue weighted by Gasteiger charge is -2.36. The first-order valence-electron chi connectivity index (χ1n) is 11.2. The van der Waals surface area contributed by atoms with Gasteiger partial charge in [-0.15, -0.1) is 0 Å². The van der Waals surface area contributed by atoms with Crippen LogP contribution in [-0.2, 0) is 19.5 Å². The summed E-state index contributed by atoms with van der Waals surface area (Å²) >= 11 is 0. The van der Waals surface area contributed by atoms with Gasteiger partial charge in [-0.1, -0.05) is 60.7 Å². The summed E-state index contributed by atoms with van der Waals surface area (Å²) in [5.74, 6) is 1.65. The van der Waals surface area contributed by atoms with E-state index in [1.165, 1.54) is 49.3 Å². The zero-order valence-corrected chi connectivity index (χ0v) is 17.6. The number of hydrogen-bond acceptors (Lipinski definition) is 4. The van der Waals surface area contributed by atoms with E-state index in [1.54, 1.807) is 0 Å². The predicted molar refractivity (Wildman–Crippen MR) is 121 cm³/mol. The third-order valence-electron chi connectivity index (χ3n) is 6.53. The van der Waals surface area contributed by atoms with Crippen molar-refractivity contribution in [3.05, 3.63) is 83.7 Å². The third kappa shape index (κ3) is 4.61. The van der Waals surface area contributed by atoms with E-state index in [0.717, 1.165) is 43.4 Å². The van der Waals surface area contributed by atoms with Gasteiger partial charge in [-0.05, 0) is 49.4 Å². The number of piperidine rings is 1. The zero-order chi connectivity index (χ0) is 20.2. The van der Waals surface area contributed by atoms with E-state index in [-0.39, 0.29) is 0 Å². The van der Waals surface area contributed by atoms with Crippen molar-refractivity contribution in [2.45, 2.75) is 32.4 Å². The van der Waals surface area contributed by atoms with E-state index >= 15 is 0 Å². The molecule has 2 aliphatic rings. The van der Waals surface area contributed by atoms with Gasteiger partial charge in [0.1, 0.15) is 0 Å². The van der Waals surface area contributed by atoms with Crippen molar-refractivity contribution in [2.75, 3.05) is 26.2 Å².